The molecule has 1 fully saturated rings. The summed E-state index contributed by atoms with van der Waals surface area (Å²) < 4.78 is 32.1. The van der Waals surface area contributed by atoms with Crippen molar-refractivity contribution in [2.75, 3.05) is 45.3 Å². The summed E-state index contributed by atoms with van der Waals surface area (Å²) in [7, 11) is -0.533. The molecule has 0 bridgehead atoms. The Labute approximate surface area is 118 Å². The molecular weight excluding hydrogens is 282 g/mol. The minimum Gasteiger partial charge on any atom is -0.378 e. The van der Waals surface area contributed by atoms with Crippen molar-refractivity contribution < 1.29 is 13.2 Å². The third-order valence-electron chi connectivity index (χ3n) is 2.92. The summed E-state index contributed by atoms with van der Waals surface area (Å²) in [5.41, 5.74) is 0. The average molecular weight is 301 g/mol. The van der Waals surface area contributed by atoms with Crippen LogP contribution in [0.4, 0.5) is 5.82 Å². The van der Waals surface area contributed by atoms with Crippen LogP contribution in [0.3, 0.4) is 0 Å². The lowest BCUT2D eigenvalue weighted by molar-refractivity contribution is 0.122. The highest BCUT2D eigenvalue weighted by Crippen LogP contribution is 2.11. The molecule has 0 amide bonds. The minimum atomic E-state index is -3.46. The first-order chi connectivity index (χ1) is 9.49. The largest absolute Gasteiger partial charge is 0.378 e. The maximum atomic E-state index is 11.6. The van der Waals surface area contributed by atoms with E-state index in [1.54, 1.807) is 6.20 Å². The van der Waals surface area contributed by atoms with Gasteiger partial charge in [-0.3, -0.25) is 0 Å². The number of aromatic nitrogens is 2. The fourth-order valence-corrected chi connectivity index (χ4v) is 2.30. The molecule has 0 aliphatic carbocycles. The lowest BCUT2D eigenvalue weighted by atomic mass is 10.4. The molecule has 1 saturated heterocycles. The van der Waals surface area contributed by atoms with E-state index in [1.807, 2.05) is 6.07 Å². The van der Waals surface area contributed by atoms with Crippen LogP contribution in [0.25, 0.3) is 0 Å². The normalized spacial score (nSPS) is 16.6. The van der Waals surface area contributed by atoms with E-state index in [1.165, 1.54) is 14.1 Å². The van der Waals surface area contributed by atoms with Crippen molar-refractivity contribution in [3.05, 3.63) is 18.1 Å². The zero-order valence-corrected chi connectivity index (χ0v) is 12.4. The molecule has 8 nitrogen and oxygen atoms in total. The highest BCUT2D eigenvalue weighted by molar-refractivity contribution is 7.87. The van der Waals surface area contributed by atoms with E-state index in [4.69, 9.17) is 4.74 Å². The van der Waals surface area contributed by atoms with Crippen LogP contribution < -0.4 is 9.62 Å². The average Bonchev–Trinajstić information content (AvgIpc) is 2.46. The van der Waals surface area contributed by atoms with Crippen LogP contribution in [0.2, 0.25) is 0 Å². The Morgan fingerprint density at radius 1 is 1.40 bits per heavy atom. The summed E-state index contributed by atoms with van der Waals surface area (Å²) in [6, 6.07) is 1.81. The second kappa shape index (κ2) is 6.44. The Kier molecular flexibility index (Phi) is 4.86. The smallest absolute Gasteiger partial charge is 0.279 e. The lowest BCUT2D eigenvalue weighted by Gasteiger charge is -2.27. The van der Waals surface area contributed by atoms with Gasteiger partial charge < -0.3 is 9.64 Å². The number of nitrogens with zero attached hydrogens (tertiary/aromatic N) is 4. The Bertz CT molecular complexity index is 543. The van der Waals surface area contributed by atoms with Gasteiger partial charge in [-0.2, -0.15) is 17.4 Å². The first-order valence-corrected chi connectivity index (χ1v) is 7.75. The van der Waals surface area contributed by atoms with Gasteiger partial charge in [0.05, 0.1) is 19.8 Å². The number of hydrogen-bond acceptors (Lipinski definition) is 6. The van der Waals surface area contributed by atoms with Gasteiger partial charge in [-0.1, -0.05) is 0 Å². The maximum absolute atomic E-state index is 11.6. The van der Waals surface area contributed by atoms with Crippen molar-refractivity contribution in [1.29, 1.82) is 0 Å². The number of ether oxygens (including phenoxy) is 1. The third-order valence-corrected chi connectivity index (χ3v) is 4.39. The first-order valence-electron chi connectivity index (χ1n) is 6.31. The molecule has 0 aromatic carbocycles. The van der Waals surface area contributed by atoms with Crippen molar-refractivity contribution in [2.24, 2.45) is 0 Å². The number of anilines is 1. The van der Waals surface area contributed by atoms with Crippen molar-refractivity contribution in [3.63, 3.8) is 0 Å². The number of hydrogen-bond donors (Lipinski definition) is 1. The molecule has 9 heteroatoms. The van der Waals surface area contributed by atoms with Crippen LogP contribution in [0.15, 0.2) is 12.3 Å². The Hall–Kier alpha value is -1.29. The van der Waals surface area contributed by atoms with E-state index >= 15 is 0 Å². The van der Waals surface area contributed by atoms with Gasteiger partial charge in [0.1, 0.15) is 11.6 Å². The van der Waals surface area contributed by atoms with Gasteiger partial charge in [0.15, 0.2) is 0 Å². The standard InChI is InChI=1S/C11H19N5O3S/c1-15(2)20(17,18)13-9-10-12-4-3-11(14-10)16-5-7-19-8-6-16/h3-4,13H,5-9H2,1-2H3. The van der Waals surface area contributed by atoms with E-state index in [-0.39, 0.29) is 6.54 Å². The molecule has 1 aromatic rings. The van der Waals surface area contributed by atoms with Gasteiger partial charge in [-0.15, -0.1) is 0 Å². The van der Waals surface area contributed by atoms with Crippen molar-refractivity contribution in [2.45, 2.75) is 6.54 Å². The molecule has 0 unspecified atom stereocenters. The van der Waals surface area contributed by atoms with Gasteiger partial charge in [-0.05, 0) is 6.07 Å². The van der Waals surface area contributed by atoms with Crippen LogP contribution in [0, 0.1) is 0 Å². The molecule has 20 heavy (non-hydrogen) atoms. The molecule has 1 aliphatic rings. The summed E-state index contributed by atoms with van der Waals surface area (Å²) in [5, 5.41) is 0. The molecule has 1 aromatic heterocycles. The predicted octanol–water partition coefficient (Wildman–Crippen LogP) is -0.791. The Morgan fingerprint density at radius 3 is 2.75 bits per heavy atom. The van der Waals surface area contributed by atoms with Gasteiger partial charge in [0.2, 0.25) is 0 Å². The molecule has 0 spiro atoms. The lowest BCUT2D eigenvalue weighted by Crippen LogP contribution is -2.37. The van der Waals surface area contributed by atoms with Crippen molar-refractivity contribution >= 4 is 16.0 Å². The topological polar surface area (TPSA) is 87.7 Å². The zero-order valence-electron chi connectivity index (χ0n) is 11.6. The summed E-state index contributed by atoms with van der Waals surface area (Å²) in [4.78, 5) is 10.5. The minimum absolute atomic E-state index is 0.0681. The van der Waals surface area contributed by atoms with Crippen LogP contribution in [0.5, 0.6) is 0 Å². The first kappa shape index (κ1) is 15.1. The van der Waals surface area contributed by atoms with Crippen molar-refractivity contribution in [1.82, 2.24) is 19.0 Å². The second-order valence-electron chi connectivity index (χ2n) is 4.54. The maximum Gasteiger partial charge on any atom is 0.279 e. The SMILES string of the molecule is CN(C)S(=O)(=O)NCc1nccc(N2CCOCC2)n1. The summed E-state index contributed by atoms with van der Waals surface area (Å²) in [5.74, 6) is 1.24. The molecule has 1 N–H and O–H groups in total. The summed E-state index contributed by atoms with van der Waals surface area (Å²) in [6.45, 7) is 2.97. The highest BCUT2D eigenvalue weighted by Gasteiger charge is 2.15. The fourth-order valence-electron chi connectivity index (χ4n) is 1.73. The van der Waals surface area contributed by atoms with Gasteiger partial charge in [0, 0.05) is 33.4 Å². The van der Waals surface area contributed by atoms with Crippen LogP contribution in [-0.4, -0.2) is 63.1 Å². The van der Waals surface area contributed by atoms with E-state index in [9.17, 15) is 8.42 Å². The predicted molar refractivity (Wildman–Crippen MR) is 74.5 cm³/mol. The monoisotopic (exact) mass is 301 g/mol. The molecular formula is C11H19N5O3S. The molecule has 0 saturated carbocycles. The molecule has 0 radical (unpaired) electrons. The van der Waals surface area contributed by atoms with Gasteiger partial charge in [-0.25, -0.2) is 9.97 Å². The molecule has 112 valence electrons. The second-order valence-corrected chi connectivity index (χ2v) is 6.51. The van der Waals surface area contributed by atoms with Gasteiger partial charge in [0.25, 0.3) is 10.2 Å². The van der Waals surface area contributed by atoms with Gasteiger partial charge >= 0.3 is 0 Å². The Morgan fingerprint density at radius 2 is 2.10 bits per heavy atom. The summed E-state index contributed by atoms with van der Waals surface area (Å²) >= 11 is 0. The molecule has 0 atom stereocenters. The molecule has 2 heterocycles. The third kappa shape index (κ3) is 3.85. The quantitative estimate of drug-likeness (QED) is 0.767. The van der Waals surface area contributed by atoms with Crippen molar-refractivity contribution in [3.8, 4) is 0 Å². The van der Waals surface area contributed by atoms with E-state index in [0.29, 0.717) is 19.0 Å². The molecule has 2 rings (SSSR count). The molecule has 1 aliphatic heterocycles. The van der Waals surface area contributed by atoms with E-state index in [2.05, 4.69) is 19.6 Å². The van der Waals surface area contributed by atoms with E-state index in [0.717, 1.165) is 23.2 Å². The zero-order chi connectivity index (χ0) is 14.6. The summed E-state index contributed by atoms with van der Waals surface area (Å²) in [6.07, 6.45) is 1.64. The number of rotatable bonds is 5. The van der Waals surface area contributed by atoms with Crippen LogP contribution >= 0.6 is 0 Å². The van der Waals surface area contributed by atoms with Crippen LogP contribution in [0.1, 0.15) is 5.82 Å². The number of morpholine rings is 1. The number of nitrogens with one attached hydrogen (secondary N) is 1. The van der Waals surface area contributed by atoms with E-state index < -0.39 is 10.2 Å². The van der Waals surface area contributed by atoms with Crippen LogP contribution in [-0.2, 0) is 21.5 Å². The highest BCUT2D eigenvalue weighted by atomic mass is 32.2. The fraction of sp³-hybridized carbons (Fsp3) is 0.636. The Balaban J connectivity index is 2.02.